The molecule has 4 nitrogen and oxygen atoms in total. The number of ether oxygens (including phenoxy) is 1. The van der Waals surface area contributed by atoms with Crippen LogP contribution in [0.25, 0.3) is 0 Å². The SMILES string of the molecule is CCc1ccc(CC(COc2ccc(Cl)cc2)NN)nc1. The summed E-state index contributed by atoms with van der Waals surface area (Å²) in [6.45, 7) is 2.58. The second-order valence-electron chi connectivity index (χ2n) is 4.84. The highest BCUT2D eigenvalue weighted by Gasteiger charge is 2.10. The summed E-state index contributed by atoms with van der Waals surface area (Å²) in [5.41, 5.74) is 4.99. The second-order valence-corrected chi connectivity index (χ2v) is 5.28. The fourth-order valence-electron chi connectivity index (χ4n) is 1.93. The molecule has 5 heteroatoms. The Bertz CT molecular complexity index is 542. The zero-order valence-corrected chi connectivity index (χ0v) is 12.8. The lowest BCUT2D eigenvalue weighted by Crippen LogP contribution is -2.41. The molecule has 0 aliphatic heterocycles. The Morgan fingerprint density at radius 3 is 2.57 bits per heavy atom. The molecule has 21 heavy (non-hydrogen) atoms. The predicted octanol–water partition coefficient (Wildman–Crippen LogP) is 2.75. The number of nitrogens with zero attached hydrogens (tertiary/aromatic N) is 1. The number of nitrogens with one attached hydrogen (secondary N) is 1. The molecule has 0 radical (unpaired) electrons. The van der Waals surface area contributed by atoms with Crippen molar-refractivity contribution in [1.29, 1.82) is 0 Å². The van der Waals surface area contributed by atoms with E-state index in [0.717, 1.165) is 17.9 Å². The standard InChI is InChI=1S/C16H20ClN3O/c1-2-12-3-6-14(19-10-12)9-15(20-18)11-21-16-7-4-13(17)5-8-16/h3-8,10,15,20H,2,9,11,18H2,1H3. The van der Waals surface area contributed by atoms with Crippen LogP contribution in [0.2, 0.25) is 5.02 Å². The molecule has 0 saturated heterocycles. The number of nitrogens with two attached hydrogens (primary N) is 1. The molecule has 0 amide bonds. The van der Waals surface area contributed by atoms with Gasteiger partial charge in [0.2, 0.25) is 0 Å². The maximum Gasteiger partial charge on any atom is 0.119 e. The normalized spacial score (nSPS) is 12.1. The van der Waals surface area contributed by atoms with Gasteiger partial charge in [-0.15, -0.1) is 0 Å². The molecule has 0 aliphatic carbocycles. The van der Waals surface area contributed by atoms with E-state index < -0.39 is 0 Å². The average molecular weight is 306 g/mol. The Hall–Kier alpha value is -1.62. The van der Waals surface area contributed by atoms with E-state index in [9.17, 15) is 0 Å². The third-order valence-electron chi connectivity index (χ3n) is 3.25. The lowest BCUT2D eigenvalue weighted by molar-refractivity contribution is 0.263. The van der Waals surface area contributed by atoms with Crippen LogP contribution in [0.1, 0.15) is 18.2 Å². The van der Waals surface area contributed by atoms with Gasteiger partial charge in [0.25, 0.3) is 0 Å². The summed E-state index contributed by atoms with van der Waals surface area (Å²) in [5.74, 6) is 6.36. The lowest BCUT2D eigenvalue weighted by Gasteiger charge is -2.16. The van der Waals surface area contributed by atoms with Crippen molar-refractivity contribution in [3.05, 3.63) is 58.9 Å². The van der Waals surface area contributed by atoms with Crippen molar-refractivity contribution in [2.45, 2.75) is 25.8 Å². The number of hydrogen-bond acceptors (Lipinski definition) is 4. The van der Waals surface area contributed by atoms with Crippen LogP contribution in [0.4, 0.5) is 0 Å². The van der Waals surface area contributed by atoms with Crippen LogP contribution < -0.4 is 16.0 Å². The minimum Gasteiger partial charge on any atom is -0.492 e. The Morgan fingerprint density at radius 1 is 1.24 bits per heavy atom. The molecule has 1 unspecified atom stereocenters. The van der Waals surface area contributed by atoms with Crippen molar-refractivity contribution >= 4 is 11.6 Å². The van der Waals surface area contributed by atoms with Gasteiger partial charge in [-0.2, -0.15) is 0 Å². The molecule has 3 N–H and O–H groups in total. The van der Waals surface area contributed by atoms with Crippen molar-refractivity contribution < 1.29 is 4.74 Å². The average Bonchev–Trinajstić information content (AvgIpc) is 2.53. The molecule has 1 atom stereocenters. The molecular weight excluding hydrogens is 286 g/mol. The van der Waals surface area contributed by atoms with E-state index in [2.05, 4.69) is 23.4 Å². The van der Waals surface area contributed by atoms with Crippen LogP contribution >= 0.6 is 11.6 Å². The number of aryl methyl sites for hydroxylation is 1. The molecule has 112 valence electrons. The molecule has 0 bridgehead atoms. The fraction of sp³-hybridized carbons (Fsp3) is 0.312. The highest BCUT2D eigenvalue weighted by atomic mass is 35.5. The highest BCUT2D eigenvalue weighted by molar-refractivity contribution is 6.30. The van der Waals surface area contributed by atoms with Gasteiger partial charge in [0.1, 0.15) is 12.4 Å². The van der Waals surface area contributed by atoms with Gasteiger partial charge in [0.15, 0.2) is 0 Å². The van der Waals surface area contributed by atoms with E-state index in [1.54, 1.807) is 12.1 Å². The number of benzene rings is 1. The Balaban J connectivity index is 1.88. The molecule has 0 fully saturated rings. The summed E-state index contributed by atoms with van der Waals surface area (Å²) in [4.78, 5) is 4.44. The molecule has 0 aliphatic rings. The second kappa shape index (κ2) is 7.98. The zero-order valence-electron chi connectivity index (χ0n) is 12.1. The van der Waals surface area contributed by atoms with Gasteiger partial charge < -0.3 is 4.74 Å². The monoisotopic (exact) mass is 305 g/mol. The first-order valence-electron chi connectivity index (χ1n) is 6.99. The van der Waals surface area contributed by atoms with Crippen molar-refractivity contribution in [2.75, 3.05) is 6.61 Å². The molecule has 1 aromatic heterocycles. The number of aromatic nitrogens is 1. The maximum absolute atomic E-state index is 5.84. The lowest BCUT2D eigenvalue weighted by atomic mass is 10.1. The zero-order chi connectivity index (χ0) is 15.1. The Kier molecular flexibility index (Phi) is 5.99. The first-order valence-corrected chi connectivity index (χ1v) is 7.37. The smallest absolute Gasteiger partial charge is 0.119 e. The number of halogens is 1. The topological polar surface area (TPSA) is 60.2 Å². The van der Waals surface area contributed by atoms with Crippen molar-refractivity contribution in [3.63, 3.8) is 0 Å². The number of hydrazine groups is 1. The molecule has 2 aromatic rings. The van der Waals surface area contributed by atoms with Crippen LogP contribution in [-0.4, -0.2) is 17.6 Å². The third-order valence-corrected chi connectivity index (χ3v) is 3.50. The maximum atomic E-state index is 5.84. The summed E-state index contributed by atoms with van der Waals surface area (Å²) in [6, 6.07) is 11.4. The van der Waals surface area contributed by atoms with Gasteiger partial charge in [-0.1, -0.05) is 24.6 Å². The third kappa shape index (κ3) is 5.01. The van der Waals surface area contributed by atoms with Gasteiger partial charge in [-0.05, 0) is 42.3 Å². The molecule has 2 rings (SSSR count). The first-order chi connectivity index (χ1) is 10.2. The summed E-state index contributed by atoms with van der Waals surface area (Å²) in [7, 11) is 0. The van der Waals surface area contributed by atoms with E-state index in [1.165, 1.54) is 5.56 Å². The fourth-order valence-corrected chi connectivity index (χ4v) is 2.06. The summed E-state index contributed by atoms with van der Waals surface area (Å²) in [6.07, 6.45) is 3.61. The van der Waals surface area contributed by atoms with E-state index in [-0.39, 0.29) is 6.04 Å². The van der Waals surface area contributed by atoms with Crippen molar-refractivity contribution in [1.82, 2.24) is 10.4 Å². The minimum atomic E-state index is 0.000606. The number of pyridine rings is 1. The van der Waals surface area contributed by atoms with Crippen LogP contribution in [0.5, 0.6) is 5.75 Å². The molecule has 1 heterocycles. The molecule has 1 aromatic carbocycles. The van der Waals surface area contributed by atoms with Crippen LogP contribution in [-0.2, 0) is 12.8 Å². The summed E-state index contributed by atoms with van der Waals surface area (Å²) < 4.78 is 5.70. The summed E-state index contributed by atoms with van der Waals surface area (Å²) >= 11 is 5.84. The predicted molar refractivity (Wildman–Crippen MR) is 85.4 cm³/mol. The molecular formula is C16H20ClN3O. The van der Waals surface area contributed by atoms with Gasteiger partial charge in [0.05, 0.1) is 6.04 Å². The van der Waals surface area contributed by atoms with Crippen LogP contribution in [0, 0.1) is 0 Å². The summed E-state index contributed by atoms with van der Waals surface area (Å²) in [5, 5.41) is 0.691. The van der Waals surface area contributed by atoms with Gasteiger partial charge >= 0.3 is 0 Å². The van der Waals surface area contributed by atoms with E-state index in [0.29, 0.717) is 18.1 Å². The first kappa shape index (κ1) is 15.8. The Morgan fingerprint density at radius 2 is 2.00 bits per heavy atom. The van der Waals surface area contributed by atoms with E-state index in [1.807, 2.05) is 24.4 Å². The van der Waals surface area contributed by atoms with E-state index >= 15 is 0 Å². The largest absolute Gasteiger partial charge is 0.492 e. The molecule has 0 saturated carbocycles. The molecule has 0 spiro atoms. The van der Waals surface area contributed by atoms with E-state index in [4.69, 9.17) is 22.2 Å². The number of hydrogen-bond donors (Lipinski definition) is 2. The van der Waals surface area contributed by atoms with Gasteiger partial charge in [-0.3, -0.25) is 16.3 Å². The van der Waals surface area contributed by atoms with Crippen molar-refractivity contribution in [2.24, 2.45) is 5.84 Å². The minimum absolute atomic E-state index is 0.000606. The van der Waals surface area contributed by atoms with Gasteiger partial charge in [-0.25, -0.2) is 0 Å². The van der Waals surface area contributed by atoms with Crippen LogP contribution in [0.15, 0.2) is 42.6 Å². The highest BCUT2D eigenvalue weighted by Crippen LogP contribution is 2.16. The van der Waals surface area contributed by atoms with Crippen molar-refractivity contribution in [3.8, 4) is 5.75 Å². The quantitative estimate of drug-likeness (QED) is 0.610. The van der Waals surface area contributed by atoms with Crippen LogP contribution in [0.3, 0.4) is 0 Å². The Labute approximate surface area is 130 Å². The van der Waals surface area contributed by atoms with Gasteiger partial charge in [0, 0.05) is 23.3 Å². The number of rotatable bonds is 7.